The molecule has 3 amide bonds. The van der Waals surface area contributed by atoms with Crippen molar-refractivity contribution in [2.75, 3.05) is 33.9 Å². The molecule has 3 unspecified atom stereocenters. The Morgan fingerprint density at radius 3 is 2.37 bits per heavy atom. The molecule has 2 aliphatic heterocycles. The molecule has 15 heteroatoms. The van der Waals surface area contributed by atoms with Crippen LogP contribution in [-0.4, -0.2) is 104 Å². The van der Waals surface area contributed by atoms with Gasteiger partial charge < -0.3 is 39.7 Å². The van der Waals surface area contributed by atoms with Gasteiger partial charge in [-0.3, -0.25) is 19.9 Å². The standard InChI is InChI=1S/C45H53N9O6/c1-24(2)40(52-45(58)60-4)43(56)54-18-6-7-36(54)41-47-22-35(51-41)27-11-15-32(46-21-27)30-14-13-28(31-19-25-9-12-29(25)39(30)31)26-10-16-33-34(20-26)50-42(49-33)37-8-5-17-53(37)38(55)23-48-44(57)59-3/h10-11,13-16,20-22,24-25,29,36-37,40,45,52,58H,5-9,12,17-19,23H2,1-4H3,(H,47,51)(H,48,57)(H,49,50)/t25?,29?,36-,37-,40-,45?/m0/s1. The lowest BCUT2D eigenvalue weighted by molar-refractivity contribution is -0.145. The molecule has 4 aliphatic rings. The third kappa shape index (κ3) is 7.32. The quantitative estimate of drug-likeness (QED) is 0.0941. The summed E-state index contributed by atoms with van der Waals surface area (Å²) in [4.78, 5) is 63.6. The van der Waals surface area contributed by atoms with Gasteiger partial charge in [-0.25, -0.2) is 14.8 Å². The highest BCUT2D eigenvalue weighted by atomic mass is 16.6. The molecule has 0 radical (unpaired) electrons. The van der Waals surface area contributed by atoms with Gasteiger partial charge in [0.05, 0.1) is 53.9 Å². The number of ether oxygens (including phenoxy) is 2. The average molecular weight is 816 g/mol. The minimum Gasteiger partial charge on any atom is -0.453 e. The van der Waals surface area contributed by atoms with E-state index in [-0.39, 0.29) is 36.4 Å². The van der Waals surface area contributed by atoms with Crippen molar-refractivity contribution in [3.63, 3.8) is 0 Å². The maximum absolute atomic E-state index is 13.7. The van der Waals surface area contributed by atoms with Crippen molar-refractivity contribution in [2.45, 2.75) is 89.3 Å². The number of fused-ring (bicyclic) bond motifs is 4. The van der Waals surface area contributed by atoms with Crippen molar-refractivity contribution < 1.29 is 29.0 Å². The van der Waals surface area contributed by atoms with Gasteiger partial charge in [0.25, 0.3) is 0 Å². The number of alkyl carbamates (subject to hydrolysis) is 1. The molecule has 2 aliphatic carbocycles. The number of H-pyrrole nitrogens is 2. The van der Waals surface area contributed by atoms with E-state index in [0.29, 0.717) is 24.9 Å². The summed E-state index contributed by atoms with van der Waals surface area (Å²) in [6.45, 7) is 5.01. The van der Waals surface area contributed by atoms with Gasteiger partial charge >= 0.3 is 6.09 Å². The fourth-order valence-corrected chi connectivity index (χ4v) is 9.91. The van der Waals surface area contributed by atoms with Gasteiger partial charge in [0.2, 0.25) is 18.2 Å². The van der Waals surface area contributed by atoms with Gasteiger partial charge in [0, 0.05) is 37.5 Å². The number of imidazole rings is 2. The molecule has 3 aromatic heterocycles. The first-order valence-electron chi connectivity index (χ1n) is 21.2. The zero-order valence-corrected chi connectivity index (χ0v) is 34.5. The average Bonchev–Trinajstić information content (AvgIpc) is 4.10. The molecule has 15 nitrogen and oxygen atoms in total. The molecular formula is C45H53N9O6. The molecule has 5 aromatic rings. The Balaban J connectivity index is 0.941. The lowest BCUT2D eigenvalue weighted by Crippen LogP contribution is -2.52. The molecule has 2 saturated heterocycles. The van der Waals surface area contributed by atoms with Gasteiger partial charge in [-0.1, -0.05) is 32.0 Å². The van der Waals surface area contributed by atoms with Gasteiger partial charge in [-0.05, 0) is 109 Å². The highest BCUT2D eigenvalue weighted by molar-refractivity contribution is 5.86. The number of nitrogens with one attached hydrogen (secondary N) is 4. The summed E-state index contributed by atoms with van der Waals surface area (Å²) in [5.74, 6) is 2.37. The fraction of sp³-hybridized carbons (Fsp3) is 0.467. The SMILES string of the molecule is COC(=O)NCC(=O)N1CCC[C@H]1c1nc2ccc(-c3ccc(-c4ccc(-c5cnc([C@@H]6CCCN6C(=O)[C@@H](NC(O)OC)C(C)C)[nH]5)cn4)c4c3CC3CCC43)cc2[nH]1. The first kappa shape index (κ1) is 39.8. The molecule has 314 valence electrons. The number of aliphatic hydroxyl groups is 1. The Morgan fingerprint density at radius 2 is 1.65 bits per heavy atom. The van der Waals surface area contributed by atoms with E-state index in [2.05, 4.69) is 67.8 Å². The van der Waals surface area contributed by atoms with Gasteiger partial charge in [-0.2, -0.15) is 0 Å². The highest BCUT2D eigenvalue weighted by Gasteiger charge is 2.42. The van der Waals surface area contributed by atoms with Crippen molar-refractivity contribution in [3.05, 3.63) is 77.6 Å². The topological polar surface area (TPSA) is 191 Å². The first-order valence-corrected chi connectivity index (χ1v) is 21.2. The molecule has 5 N–H and O–H groups in total. The largest absolute Gasteiger partial charge is 0.453 e. The minimum absolute atomic E-state index is 0.0481. The highest BCUT2D eigenvalue weighted by Crippen LogP contribution is 2.56. The zero-order valence-electron chi connectivity index (χ0n) is 34.5. The summed E-state index contributed by atoms with van der Waals surface area (Å²) >= 11 is 0. The molecule has 5 heterocycles. The number of aliphatic hydroxyl groups excluding tert-OH is 1. The van der Waals surface area contributed by atoms with Crippen molar-refractivity contribution in [1.82, 2.24) is 45.4 Å². The molecule has 3 fully saturated rings. The first-order chi connectivity index (χ1) is 29.1. The van der Waals surface area contributed by atoms with Crippen LogP contribution in [-0.2, 0) is 25.5 Å². The third-order valence-electron chi connectivity index (χ3n) is 13.2. The van der Waals surface area contributed by atoms with Crippen LogP contribution in [0.3, 0.4) is 0 Å². The van der Waals surface area contributed by atoms with Crippen LogP contribution in [0, 0.1) is 11.8 Å². The van der Waals surface area contributed by atoms with E-state index in [0.717, 1.165) is 77.3 Å². The number of likely N-dealkylation sites (tertiary alicyclic amines) is 2. The minimum atomic E-state index is -1.23. The van der Waals surface area contributed by atoms with Crippen LogP contribution in [0.5, 0.6) is 0 Å². The van der Waals surface area contributed by atoms with Crippen LogP contribution in [0.1, 0.15) is 93.1 Å². The molecule has 60 heavy (non-hydrogen) atoms. The number of carbonyl (C=O) groups is 3. The van der Waals surface area contributed by atoms with E-state index < -0.39 is 18.5 Å². The molecule has 0 spiro atoms. The van der Waals surface area contributed by atoms with E-state index >= 15 is 0 Å². The maximum atomic E-state index is 13.7. The normalized spacial score (nSPS) is 21.8. The van der Waals surface area contributed by atoms with Gasteiger partial charge in [0.1, 0.15) is 18.2 Å². The number of nitrogens with zero attached hydrogens (tertiary/aromatic N) is 5. The molecular weight excluding hydrogens is 763 g/mol. The van der Waals surface area contributed by atoms with Crippen LogP contribution in [0.4, 0.5) is 4.79 Å². The number of aromatic nitrogens is 5. The van der Waals surface area contributed by atoms with E-state index in [1.807, 2.05) is 31.1 Å². The molecule has 0 bridgehead atoms. The number of rotatable bonds is 12. The second kappa shape index (κ2) is 16.4. The summed E-state index contributed by atoms with van der Waals surface area (Å²) in [6.07, 6.45) is 8.66. The van der Waals surface area contributed by atoms with Crippen LogP contribution < -0.4 is 10.6 Å². The number of pyridine rings is 1. The summed E-state index contributed by atoms with van der Waals surface area (Å²) in [6, 6.07) is 14.1. The number of methoxy groups -OCH3 is 2. The van der Waals surface area contributed by atoms with Crippen molar-refractivity contribution in [3.8, 4) is 33.6 Å². The monoisotopic (exact) mass is 815 g/mol. The van der Waals surface area contributed by atoms with Crippen molar-refractivity contribution in [2.24, 2.45) is 11.8 Å². The van der Waals surface area contributed by atoms with E-state index in [9.17, 15) is 19.5 Å². The Kier molecular flexibility index (Phi) is 10.9. The number of hydrogen-bond acceptors (Lipinski definition) is 10. The predicted octanol–water partition coefficient (Wildman–Crippen LogP) is 5.95. The molecule has 9 rings (SSSR count). The Bertz CT molecular complexity index is 2410. The lowest BCUT2D eigenvalue weighted by Gasteiger charge is -2.31. The van der Waals surface area contributed by atoms with Crippen molar-refractivity contribution >= 4 is 28.9 Å². The Labute approximate surface area is 348 Å². The summed E-state index contributed by atoms with van der Waals surface area (Å²) < 4.78 is 9.61. The molecule has 1 saturated carbocycles. The summed E-state index contributed by atoms with van der Waals surface area (Å²) in [5.41, 5.74) is 10.9. The van der Waals surface area contributed by atoms with E-state index in [4.69, 9.17) is 19.7 Å². The summed E-state index contributed by atoms with van der Waals surface area (Å²) in [5, 5.41) is 15.5. The van der Waals surface area contributed by atoms with Crippen LogP contribution >= 0.6 is 0 Å². The Hall–Kier alpha value is -5.64. The van der Waals surface area contributed by atoms with Crippen LogP contribution in [0.2, 0.25) is 0 Å². The predicted molar refractivity (Wildman–Crippen MR) is 224 cm³/mol. The maximum Gasteiger partial charge on any atom is 0.407 e. The van der Waals surface area contributed by atoms with Gasteiger partial charge in [0.15, 0.2) is 0 Å². The van der Waals surface area contributed by atoms with Crippen LogP contribution in [0.15, 0.2) is 54.9 Å². The number of benzene rings is 2. The smallest absolute Gasteiger partial charge is 0.407 e. The fourth-order valence-electron chi connectivity index (χ4n) is 9.91. The number of amides is 3. The zero-order chi connectivity index (χ0) is 41.7. The lowest BCUT2D eigenvalue weighted by atomic mass is 9.73. The third-order valence-corrected chi connectivity index (χ3v) is 13.2. The van der Waals surface area contributed by atoms with E-state index in [1.165, 1.54) is 49.3 Å². The second-order valence-electron chi connectivity index (χ2n) is 16.9. The molecule has 2 aromatic carbocycles. The number of aromatic amines is 2. The number of hydrogen-bond donors (Lipinski definition) is 5. The Morgan fingerprint density at radius 1 is 0.883 bits per heavy atom. The van der Waals surface area contributed by atoms with Crippen molar-refractivity contribution in [1.29, 1.82) is 0 Å². The number of carbonyl (C=O) groups excluding carboxylic acids is 3. The van der Waals surface area contributed by atoms with Gasteiger partial charge in [-0.15, -0.1) is 0 Å². The van der Waals surface area contributed by atoms with Crippen LogP contribution in [0.25, 0.3) is 44.7 Å². The second-order valence-corrected chi connectivity index (χ2v) is 16.9. The summed E-state index contributed by atoms with van der Waals surface area (Å²) in [7, 11) is 2.67. The van der Waals surface area contributed by atoms with E-state index in [1.54, 1.807) is 4.90 Å². The molecule has 6 atom stereocenters.